The predicted molar refractivity (Wildman–Crippen MR) is 40.8 cm³/mol. The molecule has 2 rings (SSSR count). The van der Waals surface area contributed by atoms with Crippen molar-refractivity contribution in [2.45, 2.75) is 0 Å². The lowest BCUT2D eigenvalue weighted by Crippen LogP contribution is -2.39. The SMILES string of the molecule is O=[C][N+]12C=CC=CC1=NC=C2. The van der Waals surface area contributed by atoms with Gasteiger partial charge in [-0.3, -0.25) is 0 Å². The van der Waals surface area contributed by atoms with Gasteiger partial charge in [0.2, 0.25) is 5.84 Å². The first-order valence-electron chi connectivity index (χ1n) is 3.27. The summed E-state index contributed by atoms with van der Waals surface area (Å²) >= 11 is 0. The molecule has 3 heteroatoms. The second-order valence-electron chi connectivity index (χ2n) is 2.35. The van der Waals surface area contributed by atoms with Gasteiger partial charge in [-0.15, -0.1) is 4.48 Å². The molecule has 1 unspecified atom stereocenters. The van der Waals surface area contributed by atoms with E-state index in [1.807, 2.05) is 12.5 Å². The predicted octanol–water partition coefficient (Wildman–Crippen LogP) is 0.837. The second-order valence-corrected chi connectivity index (χ2v) is 2.35. The molecule has 0 saturated heterocycles. The van der Waals surface area contributed by atoms with E-state index in [4.69, 9.17) is 0 Å². The number of allylic oxidation sites excluding steroid dienone is 2. The molecule has 0 spiro atoms. The van der Waals surface area contributed by atoms with Gasteiger partial charge in [0.15, 0.2) is 0 Å². The van der Waals surface area contributed by atoms with Crippen LogP contribution in [0.4, 0.5) is 0 Å². The minimum absolute atomic E-state index is 0.0174. The van der Waals surface area contributed by atoms with Crippen molar-refractivity contribution in [2.75, 3.05) is 0 Å². The zero-order chi connectivity index (χ0) is 7.73. The van der Waals surface area contributed by atoms with Crippen LogP contribution in [0.3, 0.4) is 0 Å². The van der Waals surface area contributed by atoms with Crippen LogP contribution in [0.1, 0.15) is 0 Å². The van der Waals surface area contributed by atoms with Crippen LogP contribution in [0, 0.1) is 0 Å². The quantitative estimate of drug-likeness (QED) is 0.504. The van der Waals surface area contributed by atoms with Crippen LogP contribution in [0.25, 0.3) is 0 Å². The molecule has 0 fully saturated rings. The molecular weight excluding hydrogens is 140 g/mol. The first-order valence-corrected chi connectivity index (χ1v) is 3.27. The van der Waals surface area contributed by atoms with Gasteiger partial charge in [0.25, 0.3) is 0 Å². The lowest BCUT2D eigenvalue weighted by atomic mass is 10.3. The maximum absolute atomic E-state index is 10.6. The van der Waals surface area contributed by atoms with Gasteiger partial charge in [0.05, 0.1) is 6.20 Å². The van der Waals surface area contributed by atoms with Gasteiger partial charge in [0, 0.05) is 6.08 Å². The average Bonchev–Trinajstić information content (AvgIpc) is 2.48. The van der Waals surface area contributed by atoms with Gasteiger partial charge < -0.3 is 0 Å². The minimum Gasteiger partial charge on any atom is -0.213 e. The van der Waals surface area contributed by atoms with Crippen LogP contribution >= 0.6 is 0 Å². The van der Waals surface area contributed by atoms with E-state index in [9.17, 15) is 4.79 Å². The third kappa shape index (κ3) is 0.714. The van der Waals surface area contributed by atoms with Crippen LogP contribution in [0.15, 0.2) is 41.8 Å². The highest BCUT2D eigenvalue weighted by atomic mass is 16.1. The van der Waals surface area contributed by atoms with Crippen molar-refractivity contribution in [2.24, 2.45) is 4.99 Å². The Morgan fingerprint density at radius 3 is 3.00 bits per heavy atom. The monoisotopic (exact) mass is 146 g/mol. The van der Waals surface area contributed by atoms with E-state index in [-0.39, 0.29) is 4.48 Å². The highest BCUT2D eigenvalue weighted by molar-refractivity contribution is 5.94. The molecule has 1 atom stereocenters. The Hall–Kier alpha value is -1.48. The van der Waals surface area contributed by atoms with Crippen molar-refractivity contribution in [3.8, 4) is 0 Å². The van der Waals surface area contributed by atoms with Gasteiger partial charge in [-0.25, -0.2) is 4.79 Å². The largest absolute Gasteiger partial charge is 0.459 e. The van der Waals surface area contributed by atoms with E-state index in [0.717, 1.165) is 0 Å². The maximum Gasteiger partial charge on any atom is 0.459 e. The number of carbonyl (C=O) groups excluding carboxylic acids is 1. The third-order valence-electron chi connectivity index (χ3n) is 1.72. The summed E-state index contributed by atoms with van der Waals surface area (Å²) in [6.07, 6.45) is 12.4. The Morgan fingerprint density at radius 2 is 2.27 bits per heavy atom. The first-order chi connectivity index (χ1) is 5.37. The van der Waals surface area contributed by atoms with E-state index in [0.29, 0.717) is 5.84 Å². The molecule has 1 radical (unpaired) electrons. The van der Waals surface area contributed by atoms with E-state index in [2.05, 4.69) is 4.99 Å². The molecule has 2 heterocycles. The van der Waals surface area contributed by atoms with Gasteiger partial charge in [0.1, 0.15) is 12.4 Å². The zero-order valence-corrected chi connectivity index (χ0v) is 5.77. The van der Waals surface area contributed by atoms with E-state index in [1.54, 1.807) is 30.8 Å². The second kappa shape index (κ2) is 2.00. The fourth-order valence-corrected chi connectivity index (χ4v) is 1.11. The summed E-state index contributed by atoms with van der Waals surface area (Å²) in [5.41, 5.74) is 0. The normalized spacial score (nSPS) is 31.8. The topological polar surface area (TPSA) is 29.4 Å². The first kappa shape index (κ1) is 6.24. The van der Waals surface area contributed by atoms with Crippen molar-refractivity contribution in [3.63, 3.8) is 0 Å². The molecule has 11 heavy (non-hydrogen) atoms. The average molecular weight is 146 g/mol. The fraction of sp³-hybridized carbons (Fsp3) is 0. The molecule has 0 aromatic carbocycles. The van der Waals surface area contributed by atoms with Crippen LogP contribution < -0.4 is 0 Å². The molecule has 2 aliphatic rings. The third-order valence-corrected chi connectivity index (χ3v) is 1.72. The molecule has 2 aliphatic heterocycles. The van der Waals surface area contributed by atoms with Crippen molar-refractivity contribution >= 4 is 12.2 Å². The molecule has 0 aromatic rings. The number of fused-ring (bicyclic) bond motifs is 1. The molecule has 1 amide bonds. The lowest BCUT2D eigenvalue weighted by Gasteiger charge is -2.17. The minimum atomic E-state index is -0.0174. The van der Waals surface area contributed by atoms with Crippen molar-refractivity contribution < 1.29 is 9.28 Å². The standard InChI is InChI=1S/C8H6N2O/c11-7-10-5-2-1-3-8(10)9-4-6-10/h1-6H/q+1. The number of aliphatic imine (C=N–C) groups is 1. The summed E-state index contributed by atoms with van der Waals surface area (Å²) in [4.78, 5) is 14.6. The Bertz CT molecular complexity index is 312. The van der Waals surface area contributed by atoms with Crippen molar-refractivity contribution in [1.29, 1.82) is 0 Å². The van der Waals surface area contributed by atoms with Crippen molar-refractivity contribution in [3.05, 3.63) is 36.8 Å². The molecule has 53 valence electrons. The molecular formula is C8H6N2O+. The summed E-state index contributed by atoms with van der Waals surface area (Å²) in [5.74, 6) is 0.697. The van der Waals surface area contributed by atoms with Gasteiger partial charge in [-0.2, -0.15) is 4.99 Å². The Labute approximate surface area is 64.2 Å². The van der Waals surface area contributed by atoms with E-state index >= 15 is 0 Å². The highest BCUT2D eigenvalue weighted by Gasteiger charge is 2.34. The van der Waals surface area contributed by atoms with Crippen LogP contribution in [0.2, 0.25) is 0 Å². The van der Waals surface area contributed by atoms with Gasteiger partial charge in [-0.1, -0.05) is 0 Å². The van der Waals surface area contributed by atoms with Crippen LogP contribution in [-0.2, 0) is 4.79 Å². The maximum atomic E-state index is 10.6. The van der Waals surface area contributed by atoms with E-state index in [1.165, 1.54) is 0 Å². The summed E-state index contributed by atoms with van der Waals surface area (Å²) in [6.45, 7) is 0. The smallest absolute Gasteiger partial charge is 0.213 e. The Morgan fingerprint density at radius 1 is 1.36 bits per heavy atom. The summed E-state index contributed by atoms with van der Waals surface area (Å²) in [5, 5.41) is 0. The van der Waals surface area contributed by atoms with Gasteiger partial charge in [-0.05, 0) is 12.2 Å². The van der Waals surface area contributed by atoms with E-state index < -0.39 is 0 Å². The number of rotatable bonds is 1. The molecule has 0 N–H and O–H groups in total. The van der Waals surface area contributed by atoms with Crippen molar-refractivity contribution in [1.82, 2.24) is 0 Å². The highest BCUT2D eigenvalue weighted by Crippen LogP contribution is 2.18. The number of hydrogen-bond acceptors (Lipinski definition) is 2. The molecule has 0 saturated carbocycles. The summed E-state index contributed by atoms with van der Waals surface area (Å²) in [7, 11) is 0. The zero-order valence-electron chi connectivity index (χ0n) is 5.77. The molecule has 0 bridgehead atoms. The fourth-order valence-electron chi connectivity index (χ4n) is 1.11. The van der Waals surface area contributed by atoms with Crippen LogP contribution in [-0.4, -0.2) is 16.7 Å². The lowest BCUT2D eigenvalue weighted by molar-refractivity contribution is -0.618. The molecule has 0 aromatic heterocycles. The van der Waals surface area contributed by atoms with Gasteiger partial charge >= 0.3 is 6.41 Å². The molecule has 3 nitrogen and oxygen atoms in total. The summed E-state index contributed by atoms with van der Waals surface area (Å²) < 4.78 is -0.0174. The number of amides is 1. The Kier molecular flexibility index (Phi) is 1.14. The number of nitrogens with zero attached hydrogens (tertiary/aromatic N) is 2. The van der Waals surface area contributed by atoms with Crippen LogP contribution in [0.5, 0.6) is 0 Å². The Balaban J connectivity index is 2.54. The number of quaternary nitrogens is 1. The number of amidine groups is 1. The summed E-state index contributed by atoms with van der Waals surface area (Å²) in [6, 6.07) is 0. The number of hydrogen-bond donors (Lipinski definition) is 0. The molecule has 0 aliphatic carbocycles.